The first kappa shape index (κ1) is 23.7. The number of halogens is 3. The van der Waals surface area contributed by atoms with Gasteiger partial charge in [0.1, 0.15) is 5.75 Å². The molecule has 0 aliphatic carbocycles. The van der Waals surface area contributed by atoms with Gasteiger partial charge in [0.15, 0.2) is 5.75 Å². The summed E-state index contributed by atoms with van der Waals surface area (Å²) in [7, 11) is -4.31. The van der Waals surface area contributed by atoms with Crippen molar-refractivity contribution in [3.05, 3.63) is 72.6 Å². The molecule has 0 saturated heterocycles. The highest BCUT2D eigenvalue weighted by atomic mass is 32.2. The molecule has 0 unspecified atom stereocenters. The summed E-state index contributed by atoms with van der Waals surface area (Å²) in [6.07, 6.45) is -1.91. The average Bonchev–Trinajstić information content (AvgIpc) is 2.74. The van der Waals surface area contributed by atoms with Crippen LogP contribution in [0.1, 0.15) is 5.56 Å². The van der Waals surface area contributed by atoms with Gasteiger partial charge >= 0.3 is 12.4 Å². The van der Waals surface area contributed by atoms with E-state index in [0.29, 0.717) is 6.07 Å². The van der Waals surface area contributed by atoms with Crippen LogP contribution >= 0.6 is 0 Å². The molecule has 9 nitrogen and oxygen atoms in total. The zero-order valence-electron chi connectivity index (χ0n) is 16.6. The Morgan fingerprint density at radius 3 is 2.45 bits per heavy atom. The largest absolute Gasteiger partial charge is 0.573 e. The normalized spacial score (nSPS) is 11.5. The minimum Gasteiger partial charge on any atom is -0.508 e. The molecule has 2 aromatic carbocycles. The molecule has 0 saturated carbocycles. The van der Waals surface area contributed by atoms with Gasteiger partial charge in [-0.3, -0.25) is 9.71 Å². The zero-order valence-corrected chi connectivity index (χ0v) is 17.4. The number of sulfonamides is 1. The van der Waals surface area contributed by atoms with Gasteiger partial charge in [0.2, 0.25) is 0 Å². The summed E-state index contributed by atoms with van der Waals surface area (Å²) >= 11 is 0. The van der Waals surface area contributed by atoms with Crippen molar-refractivity contribution in [1.29, 1.82) is 0 Å². The van der Waals surface area contributed by atoms with E-state index in [1.54, 1.807) is 24.5 Å². The molecule has 0 aliphatic rings. The summed E-state index contributed by atoms with van der Waals surface area (Å²) in [4.78, 5) is 15.6. The van der Waals surface area contributed by atoms with Crippen molar-refractivity contribution >= 4 is 27.4 Å². The minimum absolute atomic E-state index is 0.227. The van der Waals surface area contributed by atoms with Gasteiger partial charge in [-0.2, -0.15) is 0 Å². The number of nitrogens with zero attached hydrogens (tertiary/aromatic N) is 1. The second-order valence-corrected chi connectivity index (χ2v) is 8.21. The number of pyridine rings is 1. The Morgan fingerprint density at radius 2 is 1.82 bits per heavy atom. The van der Waals surface area contributed by atoms with Crippen molar-refractivity contribution in [3.63, 3.8) is 0 Å². The van der Waals surface area contributed by atoms with Crippen LogP contribution in [0.25, 0.3) is 0 Å². The number of aromatic nitrogens is 1. The van der Waals surface area contributed by atoms with Gasteiger partial charge in [0.25, 0.3) is 10.0 Å². The molecule has 0 bridgehead atoms. The van der Waals surface area contributed by atoms with E-state index in [0.717, 1.165) is 29.8 Å². The highest BCUT2D eigenvalue weighted by molar-refractivity contribution is 7.92. The van der Waals surface area contributed by atoms with Crippen molar-refractivity contribution < 1.29 is 36.2 Å². The van der Waals surface area contributed by atoms with Crippen molar-refractivity contribution in [1.82, 2.24) is 10.3 Å². The van der Waals surface area contributed by atoms with E-state index in [2.05, 4.69) is 20.4 Å². The van der Waals surface area contributed by atoms with Crippen LogP contribution in [0.5, 0.6) is 11.5 Å². The molecule has 3 aromatic rings. The molecular formula is C20H17F3N4O5S. The lowest BCUT2D eigenvalue weighted by molar-refractivity contribution is -0.274. The molecule has 1 heterocycles. The number of benzene rings is 2. The first-order valence-electron chi connectivity index (χ1n) is 9.17. The molecule has 0 radical (unpaired) electrons. The summed E-state index contributed by atoms with van der Waals surface area (Å²) in [6, 6.07) is 10.4. The molecule has 0 aliphatic heterocycles. The predicted octanol–water partition coefficient (Wildman–Crippen LogP) is 3.81. The number of anilines is 2. The van der Waals surface area contributed by atoms with Crippen molar-refractivity contribution in [2.24, 2.45) is 0 Å². The topological polar surface area (TPSA) is 130 Å². The molecule has 0 spiro atoms. The number of aromatic hydroxyl groups is 1. The SMILES string of the molecule is O=C(NCc1cccnc1)Nc1ccc(S(=O)(=O)Nc2ccc(O)cc2OC(F)(F)F)cc1. The number of nitrogens with one attached hydrogen (secondary N) is 3. The Labute approximate surface area is 186 Å². The third-order valence-corrected chi connectivity index (χ3v) is 5.41. The quantitative estimate of drug-likeness (QED) is 0.379. The smallest absolute Gasteiger partial charge is 0.508 e. The Hall–Kier alpha value is -4.00. The van der Waals surface area contributed by atoms with Gasteiger partial charge in [-0.15, -0.1) is 13.2 Å². The van der Waals surface area contributed by atoms with E-state index in [4.69, 9.17) is 0 Å². The van der Waals surface area contributed by atoms with Crippen LogP contribution in [0.3, 0.4) is 0 Å². The number of ether oxygens (including phenoxy) is 1. The van der Waals surface area contributed by atoms with E-state index >= 15 is 0 Å². The summed E-state index contributed by atoms with van der Waals surface area (Å²) in [6.45, 7) is 0.227. The molecule has 0 fully saturated rings. The third-order valence-electron chi connectivity index (χ3n) is 4.03. The van der Waals surface area contributed by atoms with Crippen LogP contribution in [0.4, 0.5) is 29.3 Å². The standard InChI is InChI=1S/C20H17F3N4O5S/c21-20(22,23)32-18-10-15(28)5-8-17(18)27-33(30,31)16-6-3-14(4-7-16)26-19(29)25-12-13-2-1-9-24-11-13/h1-11,27-28H,12H2,(H2,25,26,29). The number of alkyl halides is 3. The van der Waals surface area contributed by atoms with Crippen LogP contribution in [0.15, 0.2) is 71.9 Å². The summed E-state index contributed by atoms with van der Waals surface area (Å²) in [5.41, 5.74) is 0.536. The Balaban J connectivity index is 1.67. The molecule has 33 heavy (non-hydrogen) atoms. The fraction of sp³-hybridized carbons (Fsp3) is 0.100. The fourth-order valence-electron chi connectivity index (χ4n) is 2.59. The molecule has 174 valence electrons. The molecule has 1 aromatic heterocycles. The van der Waals surface area contributed by atoms with Crippen molar-refractivity contribution in [3.8, 4) is 11.5 Å². The maximum absolute atomic E-state index is 12.6. The highest BCUT2D eigenvalue weighted by Crippen LogP contribution is 2.34. The number of hydrogen-bond donors (Lipinski definition) is 4. The number of rotatable bonds is 7. The maximum atomic E-state index is 12.6. The number of urea groups is 1. The number of carbonyl (C=O) groups is 1. The number of phenols is 1. The van der Waals surface area contributed by atoms with E-state index in [9.17, 15) is 31.5 Å². The maximum Gasteiger partial charge on any atom is 0.573 e. The average molecular weight is 482 g/mol. The lowest BCUT2D eigenvalue weighted by Crippen LogP contribution is -2.28. The minimum atomic E-state index is -5.10. The van der Waals surface area contributed by atoms with E-state index in [1.165, 1.54) is 12.1 Å². The Bertz CT molecular complexity index is 1220. The number of amides is 2. The Kier molecular flexibility index (Phi) is 6.92. The van der Waals surface area contributed by atoms with Gasteiger partial charge < -0.3 is 20.5 Å². The highest BCUT2D eigenvalue weighted by Gasteiger charge is 2.33. The number of hydrogen-bond acceptors (Lipinski definition) is 6. The summed E-state index contributed by atoms with van der Waals surface area (Å²) in [5, 5.41) is 14.5. The first-order chi connectivity index (χ1) is 15.5. The van der Waals surface area contributed by atoms with Crippen molar-refractivity contribution in [2.75, 3.05) is 10.0 Å². The molecule has 4 N–H and O–H groups in total. The van der Waals surface area contributed by atoms with Crippen LogP contribution in [0.2, 0.25) is 0 Å². The first-order valence-corrected chi connectivity index (χ1v) is 10.7. The Morgan fingerprint density at radius 1 is 1.09 bits per heavy atom. The van der Waals surface area contributed by atoms with Gasteiger partial charge in [-0.05, 0) is 48.0 Å². The molecule has 13 heteroatoms. The second-order valence-electron chi connectivity index (χ2n) is 6.53. The summed E-state index contributed by atoms with van der Waals surface area (Å²) in [5.74, 6) is -1.47. The fourth-order valence-corrected chi connectivity index (χ4v) is 3.66. The zero-order chi connectivity index (χ0) is 24.1. The molecular weight excluding hydrogens is 465 g/mol. The number of carbonyl (C=O) groups excluding carboxylic acids is 1. The van der Waals surface area contributed by atoms with Crippen LogP contribution in [-0.2, 0) is 16.6 Å². The van der Waals surface area contributed by atoms with Gasteiger partial charge in [0.05, 0.1) is 10.6 Å². The second kappa shape index (κ2) is 9.65. The van der Waals surface area contributed by atoms with Crippen LogP contribution in [0, 0.1) is 0 Å². The molecule has 3 rings (SSSR count). The van der Waals surface area contributed by atoms with E-state index < -0.39 is 39.6 Å². The van der Waals surface area contributed by atoms with Gasteiger partial charge in [0, 0.05) is 30.7 Å². The van der Waals surface area contributed by atoms with E-state index in [-0.39, 0.29) is 17.1 Å². The number of phenolic OH excluding ortho intramolecular Hbond substituents is 1. The van der Waals surface area contributed by atoms with E-state index in [1.807, 2.05) is 4.72 Å². The van der Waals surface area contributed by atoms with Crippen LogP contribution < -0.4 is 20.1 Å². The predicted molar refractivity (Wildman–Crippen MR) is 112 cm³/mol. The van der Waals surface area contributed by atoms with Gasteiger partial charge in [-0.25, -0.2) is 13.2 Å². The third kappa shape index (κ3) is 7.00. The molecule has 0 atom stereocenters. The van der Waals surface area contributed by atoms with Crippen molar-refractivity contribution in [2.45, 2.75) is 17.8 Å². The van der Waals surface area contributed by atoms with Gasteiger partial charge in [-0.1, -0.05) is 6.07 Å². The molecule has 2 amide bonds. The summed E-state index contributed by atoms with van der Waals surface area (Å²) < 4.78 is 68.7. The lowest BCUT2D eigenvalue weighted by atomic mass is 10.3. The van der Waals surface area contributed by atoms with Crippen LogP contribution in [-0.4, -0.2) is 30.9 Å². The monoisotopic (exact) mass is 482 g/mol. The lowest BCUT2D eigenvalue weighted by Gasteiger charge is -2.15.